The Kier molecular flexibility index (Phi) is 7.46. The summed E-state index contributed by atoms with van der Waals surface area (Å²) in [4.78, 5) is 25.7. The molecule has 10 heteroatoms. The largest absolute Gasteiger partial charge is 0.381 e. The second-order valence-corrected chi connectivity index (χ2v) is 7.70. The second kappa shape index (κ2) is 10.3. The van der Waals surface area contributed by atoms with E-state index in [2.05, 4.69) is 16.2 Å². The zero-order chi connectivity index (χ0) is 25.0. The van der Waals surface area contributed by atoms with E-state index < -0.39 is 5.82 Å². The number of unbranched alkanes of at least 4 members (excludes halogenated alkanes) is 1. The lowest BCUT2D eigenvalue weighted by Crippen LogP contribution is -2.30. The minimum Gasteiger partial charge on any atom is -0.381 e. The molecule has 0 unspecified atom stereocenters. The average Bonchev–Trinajstić information content (AvgIpc) is 3.15. The first-order chi connectivity index (χ1) is 16.3. The highest BCUT2D eigenvalue weighted by Gasteiger charge is 2.29. The molecule has 1 aliphatic rings. The van der Waals surface area contributed by atoms with Crippen molar-refractivity contribution in [3.63, 3.8) is 0 Å². The number of carbonyl (C=O) groups is 1. The van der Waals surface area contributed by atoms with Gasteiger partial charge in [-0.15, -0.1) is 0 Å². The number of rotatable bonds is 3. The molecule has 1 amide bonds. The number of hydrogen-bond acceptors (Lipinski definition) is 7. The summed E-state index contributed by atoms with van der Waals surface area (Å²) in [7, 11) is 3.36. The zero-order valence-corrected chi connectivity index (χ0v) is 20.1. The van der Waals surface area contributed by atoms with Crippen LogP contribution in [0.2, 0.25) is 0 Å². The number of fused-ring (bicyclic) bond motifs is 5. The van der Waals surface area contributed by atoms with Gasteiger partial charge >= 0.3 is 0 Å². The first kappa shape index (κ1) is 24.6. The van der Waals surface area contributed by atoms with Gasteiger partial charge in [0.15, 0.2) is 17.3 Å². The first-order valence-electron chi connectivity index (χ1n) is 11.3. The molecule has 9 nitrogen and oxygen atoms in total. The lowest BCUT2D eigenvalue weighted by molar-refractivity contribution is 0.0783. The van der Waals surface area contributed by atoms with Crippen molar-refractivity contribution in [3.8, 4) is 17.3 Å². The van der Waals surface area contributed by atoms with Crippen LogP contribution in [0.1, 0.15) is 55.4 Å². The lowest BCUT2D eigenvalue weighted by Gasteiger charge is -2.27. The van der Waals surface area contributed by atoms with Crippen molar-refractivity contribution in [2.45, 2.75) is 40.2 Å². The monoisotopic (exact) mass is 464 g/mol. The molecule has 0 radical (unpaired) electrons. The molecule has 1 aliphatic heterocycles. The number of halogens is 1. The summed E-state index contributed by atoms with van der Waals surface area (Å²) >= 11 is 0. The number of aromatic nitrogens is 4. The summed E-state index contributed by atoms with van der Waals surface area (Å²) in [6.45, 7) is 6.66. The molecule has 0 aliphatic carbocycles. The molecule has 2 aromatic heterocycles. The van der Waals surface area contributed by atoms with Crippen LogP contribution in [0.5, 0.6) is 0 Å². The Morgan fingerprint density at radius 3 is 2.68 bits per heavy atom. The van der Waals surface area contributed by atoms with Crippen LogP contribution in [0.15, 0.2) is 24.4 Å². The van der Waals surface area contributed by atoms with Crippen LogP contribution < -0.4 is 10.6 Å². The Balaban J connectivity index is 0.00000158. The lowest BCUT2D eigenvalue weighted by atomic mass is 10.1. The van der Waals surface area contributed by atoms with E-state index in [1.54, 1.807) is 23.7 Å². The Morgan fingerprint density at radius 1 is 1.26 bits per heavy atom. The van der Waals surface area contributed by atoms with Crippen LogP contribution in [0, 0.1) is 17.1 Å². The fourth-order valence-electron chi connectivity index (χ4n) is 3.86. The molecule has 2 N–H and O–H groups in total. The highest BCUT2D eigenvalue weighted by molar-refractivity contribution is 6.01. The predicted molar refractivity (Wildman–Crippen MR) is 129 cm³/mol. The van der Waals surface area contributed by atoms with E-state index in [4.69, 9.17) is 10.7 Å². The average molecular weight is 465 g/mol. The van der Waals surface area contributed by atoms with Crippen molar-refractivity contribution in [3.05, 3.63) is 47.2 Å². The molecule has 2 bridgehead atoms. The molecular formula is C24H29FN8O. The third-order valence-electron chi connectivity index (χ3n) is 5.51. The smallest absolute Gasteiger partial charge is 0.256 e. The van der Waals surface area contributed by atoms with E-state index in [9.17, 15) is 14.4 Å². The maximum absolute atomic E-state index is 14.3. The normalized spacial score (nSPS) is 12.7. The van der Waals surface area contributed by atoms with Gasteiger partial charge in [-0.3, -0.25) is 9.48 Å². The second-order valence-electron chi connectivity index (χ2n) is 7.70. The number of anilines is 3. The Hall–Kier alpha value is -4.00. The van der Waals surface area contributed by atoms with Crippen LogP contribution in [0.4, 0.5) is 21.7 Å². The molecule has 0 fully saturated rings. The molecule has 0 saturated heterocycles. The molecule has 34 heavy (non-hydrogen) atoms. The number of nitrogen functional groups attached to an aromatic ring is 1. The van der Waals surface area contributed by atoms with Crippen LogP contribution in [0.25, 0.3) is 11.3 Å². The highest BCUT2D eigenvalue weighted by Crippen LogP contribution is 2.36. The van der Waals surface area contributed by atoms with E-state index in [-0.39, 0.29) is 24.0 Å². The van der Waals surface area contributed by atoms with Crippen LogP contribution in [-0.2, 0) is 13.6 Å². The van der Waals surface area contributed by atoms with Gasteiger partial charge in [-0.1, -0.05) is 27.2 Å². The van der Waals surface area contributed by atoms with Gasteiger partial charge in [0.05, 0.1) is 40.9 Å². The third kappa shape index (κ3) is 4.41. The molecule has 3 heterocycles. The minimum absolute atomic E-state index is 0.143. The number of carbonyl (C=O) groups excluding carboxylic acids is 1. The van der Waals surface area contributed by atoms with Crippen LogP contribution >= 0.6 is 0 Å². The maximum Gasteiger partial charge on any atom is 0.256 e. The molecule has 0 spiro atoms. The van der Waals surface area contributed by atoms with Gasteiger partial charge < -0.3 is 15.5 Å². The zero-order valence-electron chi connectivity index (χ0n) is 20.1. The van der Waals surface area contributed by atoms with Crippen LogP contribution in [-0.4, -0.2) is 44.1 Å². The highest BCUT2D eigenvalue weighted by atomic mass is 19.1. The maximum atomic E-state index is 14.3. The Bertz CT molecular complexity index is 1250. The van der Waals surface area contributed by atoms with Crippen molar-refractivity contribution >= 4 is 23.2 Å². The van der Waals surface area contributed by atoms with Crippen LogP contribution in [0.3, 0.4) is 0 Å². The van der Waals surface area contributed by atoms with Crippen molar-refractivity contribution in [2.24, 2.45) is 7.05 Å². The summed E-state index contributed by atoms with van der Waals surface area (Å²) in [6, 6.07) is 6.15. The van der Waals surface area contributed by atoms with Gasteiger partial charge in [0, 0.05) is 20.6 Å². The van der Waals surface area contributed by atoms with E-state index in [0.29, 0.717) is 40.6 Å². The molecule has 0 saturated carbocycles. The number of nitriles is 1. The van der Waals surface area contributed by atoms with Gasteiger partial charge in [0.25, 0.3) is 5.91 Å². The van der Waals surface area contributed by atoms with Gasteiger partial charge in [-0.25, -0.2) is 14.4 Å². The number of benzene rings is 1. The summed E-state index contributed by atoms with van der Waals surface area (Å²) in [5.41, 5.74) is 8.62. The van der Waals surface area contributed by atoms with E-state index in [0.717, 1.165) is 12.8 Å². The quantitative estimate of drug-likeness (QED) is 0.622. The molecule has 3 aromatic rings. The van der Waals surface area contributed by atoms with Crippen molar-refractivity contribution in [2.75, 3.05) is 24.2 Å². The van der Waals surface area contributed by atoms with E-state index in [1.807, 2.05) is 20.8 Å². The number of hydrogen-bond donors (Lipinski definition) is 1. The van der Waals surface area contributed by atoms with E-state index in [1.165, 1.54) is 29.3 Å². The first-order valence-corrected chi connectivity index (χ1v) is 11.3. The third-order valence-corrected chi connectivity index (χ3v) is 5.51. The van der Waals surface area contributed by atoms with Gasteiger partial charge in [0.2, 0.25) is 0 Å². The fourth-order valence-corrected chi connectivity index (χ4v) is 3.86. The van der Waals surface area contributed by atoms with Crippen molar-refractivity contribution < 1.29 is 9.18 Å². The summed E-state index contributed by atoms with van der Waals surface area (Å²) in [5.74, 6) is -0.325. The predicted octanol–water partition coefficient (Wildman–Crippen LogP) is 4.02. The standard InChI is InChI=1S/C22H23FN8O.C2H6/c1-4-5-8-31-17-9-13(23)6-7-14(17)22(32)29(2)12-18-19(15(10-24)28-30(18)3)16-11-26-20(25)21(31)27-16;1-2/h6-7,9,11H,4-5,8,12H2,1-3H3,(H2,25,26);1-2H3. The molecule has 0 atom stereocenters. The number of nitrogens with two attached hydrogens (primary N) is 1. The summed E-state index contributed by atoms with van der Waals surface area (Å²) in [6.07, 6.45) is 3.12. The van der Waals surface area contributed by atoms with Crippen molar-refractivity contribution in [1.29, 1.82) is 5.26 Å². The summed E-state index contributed by atoms with van der Waals surface area (Å²) in [5, 5.41) is 14.0. The molecule has 1 aromatic carbocycles. The van der Waals surface area contributed by atoms with Gasteiger partial charge in [0.1, 0.15) is 11.9 Å². The molecule has 178 valence electrons. The van der Waals surface area contributed by atoms with E-state index >= 15 is 0 Å². The van der Waals surface area contributed by atoms with Gasteiger partial charge in [-0.2, -0.15) is 10.4 Å². The Morgan fingerprint density at radius 2 is 2.00 bits per heavy atom. The van der Waals surface area contributed by atoms with Gasteiger partial charge in [-0.05, 0) is 24.6 Å². The SMILES string of the molecule is CC.CCCCN1c2cc(F)ccc2C(=O)N(C)Cc2c(c(C#N)nn2C)-c2cnc(N)c1n2. The summed E-state index contributed by atoms with van der Waals surface area (Å²) < 4.78 is 15.9. The number of nitrogens with zero attached hydrogens (tertiary/aromatic N) is 7. The fraction of sp³-hybridized carbons (Fsp3) is 0.375. The Labute approximate surface area is 198 Å². The minimum atomic E-state index is -0.475. The number of aryl methyl sites for hydroxylation is 1. The number of amides is 1. The topological polar surface area (TPSA) is 117 Å². The van der Waals surface area contributed by atoms with Crippen molar-refractivity contribution in [1.82, 2.24) is 24.6 Å². The molecular weight excluding hydrogens is 435 g/mol. The molecule has 4 rings (SSSR count).